The average molecular weight is 342 g/mol. The lowest BCUT2D eigenvalue weighted by Crippen LogP contribution is -2.40. The second kappa shape index (κ2) is 7.51. The van der Waals surface area contributed by atoms with Crippen molar-refractivity contribution in [3.63, 3.8) is 0 Å². The Bertz CT molecular complexity index is 748. The lowest BCUT2D eigenvalue weighted by Gasteiger charge is -2.16. The van der Waals surface area contributed by atoms with E-state index < -0.39 is 12.1 Å². The minimum Gasteiger partial charge on any atom is -0.448 e. The summed E-state index contributed by atoms with van der Waals surface area (Å²) in [4.78, 5) is 28.7. The van der Waals surface area contributed by atoms with Gasteiger partial charge in [0.05, 0.1) is 0 Å². The molecule has 1 aliphatic carbocycles. The molecule has 1 aromatic heterocycles. The summed E-state index contributed by atoms with van der Waals surface area (Å²) < 4.78 is 10.8. The molecule has 1 saturated carbocycles. The molecule has 6 nitrogen and oxygen atoms in total. The lowest BCUT2D eigenvalue weighted by molar-refractivity contribution is -0.129. The van der Waals surface area contributed by atoms with Gasteiger partial charge < -0.3 is 14.5 Å². The molecule has 1 aromatic carbocycles. The number of nitrogens with one attached hydrogen (secondary N) is 1. The third kappa shape index (κ3) is 4.07. The number of oxazole rings is 1. The summed E-state index contributed by atoms with van der Waals surface area (Å²) in [6.07, 6.45) is 3.34. The van der Waals surface area contributed by atoms with Gasteiger partial charge in [0.1, 0.15) is 5.76 Å². The Morgan fingerprint density at radius 3 is 2.60 bits per heavy atom. The third-order valence-corrected chi connectivity index (χ3v) is 4.37. The molecule has 1 heterocycles. The summed E-state index contributed by atoms with van der Waals surface area (Å²) in [6.45, 7) is 3.22. The number of carbonyl (C=O) groups excluding carboxylic acids is 2. The van der Waals surface area contributed by atoms with Crippen LogP contribution in [0.25, 0.3) is 11.5 Å². The van der Waals surface area contributed by atoms with Gasteiger partial charge in [-0.05, 0) is 38.8 Å². The molecule has 1 atom stereocenters. The fourth-order valence-electron chi connectivity index (χ4n) is 2.95. The molecule has 2 aromatic rings. The first kappa shape index (κ1) is 17.2. The summed E-state index contributed by atoms with van der Waals surface area (Å²) in [6, 6.07) is 9.49. The van der Waals surface area contributed by atoms with Gasteiger partial charge in [-0.1, -0.05) is 31.0 Å². The van der Waals surface area contributed by atoms with Crippen LogP contribution in [0.15, 0.2) is 34.7 Å². The van der Waals surface area contributed by atoms with Crippen LogP contribution in [-0.2, 0) is 9.53 Å². The molecular weight excluding hydrogens is 320 g/mol. The lowest BCUT2D eigenvalue weighted by atomic mass is 10.2. The zero-order valence-corrected chi connectivity index (χ0v) is 14.5. The number of aryl methyl sites for hydroxylation is 1. The van der Waals surface area contributed by atoms with E-state index in [1.807, 2.05) is 30.3 Å². The topological polar surface area (TPSA) is 81.4 Å². The number of benzene rings is 1. The first-order chi connectivity index (χ1) is 12.0. The van der Waals surface area contributed by atoms with Crippen molar-refractivity contribution < 1.29 is 18.7 Å². The maximum atomic E-state index is 12.3. The van der Waals surface area contributed by atoms with Crippen LogP contribution < -0.4 is 5.32 Å². The van der Waals surface area contributed by atoms with Crippen molar-refractivity contribution in [1.82, 2.24) is 10.3 Å². The predicted molar refractivity (Wildman–Crippen MR) is 92.0 cm³/mol. The fourth-order valence-corrected chi connectivity index (χ4v) is 2.95. The van der Waals surface area contributed by atoms with E-state index in [1.165, 1.54) is 0 Å². The van der Waals surface area contributed by atoms with E-state index in [-0.39, 0.29) is 17.6 Å². The summed E-state index contributed by atoms with van der Waals surface area (Å²) in [7, 11) is 0. The van der Waals surface area contributed by atoms with Crippen molar-refractivity contribution in [1.29, 1.82) is 0 Å². The minimum atomic E-state index is -0.871. The van der Waals surface area contributed by atoms with Crippen molar-refractivity contribution in [3.8, 4) is 11.5 Å². The Labute approximate surface area is 146 Å². The van der Waals surface area contributed by atoms with Crippen LogP contribution in [0.3, 0.4) is 0 Å². The second-order valence-electron chi connectivity index (χ2n) is 6.33. The molecule has 1 fully saturated rings. The maximum absolute atomic E-state index is 12.3. The predicted octanol–water partition coefficient (Wildman–Crippen LogP) is 3.25. The summed E-state index contributed by atoms with van der Waals surface area (Å²) in [5.41, 5.74) is 0.871. The van der Waals surface area contributed by atoms with Crippen LogP contribution in [0.4, 0.5) is 0 Å². The minimum absolute atomic E-state index is 0.0966. The molecule has 0 aliphatic heterocycles. The first-order valence-electron chi connectivity index (χ1n) is 8.59. The highest BCUT2D eigenvalue weighted by Gasteiger charge is 2.26. The number of ether oxygens (including phenoxy) is 1. The smallest absolute Gasteiger partial charge is 0.361 e. The molecule has 1 aliphatic rings. The van der Waals surface area contributed by atoms with Gasteiger partial charge in [-0.15, -0.1) is 0 Å². The standard InChI is InChI=1S/C19H22N2O4/c1-12-16(21-18(24-12)14-8-4-3-5-9-14)19(23)25-13(2)17(22)20-15-10-6-7-11-15/h3-5,8-9,13,15H,6-7,10-11H2,1-2H3,(H,20,22)/t13-/m0/s1. The Balaban J connectivity index is 1.64. The monoisotopic (exact) mass is 342 g/mol. The molecule has 0 bridgehead atoms. The third-order valence-electron chi connectivity index (χ3n) is 4.37. The number of rotatable bonds is 5. The number of esters is 1. The highest BCUT2D eigenvalue weighted by Crippen LogP contribution is 2.22. The van der Waals surface area contributed by atoms with E-state index >= 15 is 0 Å². The van der Waals surface area contributed by atoms with E-state index in [4.69, 9.17) is 9.15 Å². The molecule has 0 saturated heterocycles. The second-order valence-corrected chi connectivity index (χ2v) is 6.33. The molecule has 0 radical (unpaired) electrons. The van der Waals surface area contributed by atoms with E-state index in [0.29, 0.717) is 11.7 Å². The number of nitrogens with zero attached hydrogens (tertiary/aromatic N) is 1. The van der Waals surface area contributed by atoms with Gasteiger partial charge in [-0.3, -0.25) is 4.79 Å². The quantitative estimate of drug-likeness (QED) is 0.844. The number of hydrogen-bond acceptors (Lipinski definition) is 5. The molecule has 25 heavy (non-hydrogen) atoms. The maximum Gasteiger partial charge on any atom is 0.361 e. The number of aromatic nitrogens is 1. The van der Waals surface area contributed by atoms with Gasteiger partial charge in [0, 0.05) is 11.6 Å². The molecule has 132 valence electrons. The van der Waals surface area contributed by atoms with E-state index in [9.17, 15) is 9.59 Å². The van der Waals surface area contributed by atoms with E-state index in [0.717, 1.165) is 31.2 Å². The molecule has 0 spiro atoms. The fraction of sp³-hybridized carbons (Fsp3) is 0.421. The number of hydrogen-bond donors (Lipinski definition) is 1. The zero-order valence-electron chi connectivity index (χ0n) is 14.5. The summed E-state index contributed by atoms with van der Waals surface area (Å²) in [5, 5.41) is 2.92. The van der Waals surface area contributed by atoms with Crippen LogP contribution >= 0.6 is 0 Å². The van der Waals surface area contributed by atoms with Gasteiger partial charge in [-0.25, -0.2) is 9.78 Å². The average Bonchev–Trinajstić information content (AvgIpc) is 3.25. The van der Waals surface area contributed by atoms with Crippen molar-refractivity contribution >= 4 is 11.9 Å². The van der Waals surface area contributed by atoms with Crippen molar-refractivity contribution in [2.24, 2.45) is 0 Å². The van der Waals surface area contributed by atoms with Crippen LogP contribution in [0.1, 0.15) is 48.9 Å². The van der Waals surface area contributed by atoms with E-state index in [2.05, 4.69) is 10.3 Å². The Morgan fingerprint density at radius 2 is 1.92 bits per heavy atom. The number of amides is 1. The van der Waals surface area contributed by atoms with Gasteiger partial charge >= 0.3 is 5.97 Å². The molecule has 6 heteroatoms. The van der Waals surface area contributed by atoms with Gasteiger partial charge in [0.25, 0.3) is 5.91 Å². The van der Waals surface area contributed by atoms with Crippen LogP contribution in [0, 0.1) is 6.92 Å². The van der Waals surface area contributed by atoms with Crippen LogP contribution in [0.5, 0.6) is 0 Å². The van der Waals surface area contributed by atoms with Gasteiger partial charge in [0.2, 0.25) is 5.89 Å². The van der Waals surface area contributed by atoms with Crippen LogP contribution in [-0.4, -0.2) is 29.0 Å². The van der Waals surface area contributed by atoms with Gasteiger partial charge in [-0.2, -0.15) is 0 Å². The summed E-state index contributed by atoms with van der Waals surface area (Å²) >= 11 is 0. The molecule has 0 unspecified atom stereocenters. The molecule has 1 amide bonds. The molecular formula is C19H22N2O4. The van der Waals surface area contributed by atoms with E-state index in [1.54, 1.807) is 13.8 Å². The normalized spacial score (nSPS) is 15.8. The Morgan fingerprint density at radius 1 is 1.24 bits per heavy atom. The number of carbonyl (C=O) groups is 2. The van der Waals surface area contributed by atoms with Crippen LogP contribution in [0.2, 0.25) is 0 Å². The van der Waals surface area contributed by atoms with Crippen molar-refractivity contribution in [2.45, 2.75) is 51.7 Å². The Hall–Kier alpha value is -2.63. The SMILES string of the molecule is Cc1oc(-c2ccccc2)nc1C(=O)O[C@@H](C)C(=O)NC1CCCC1. The zero-order chi connectivity index (χ0) is 17.8. The largest absolute Gasteiger partial charge is 0.448 e. The molecule has 1 N–H and O–H groups in total. The van der Waals surface area contributed by atoms with Crippen molar-refractivity contribution in [2.75, 3.05) is 0 Å². The molecule has 3 rings (SSSR count). The van der Waals surface area contributed by atoms with Crippen molar-refractivity contribution in [3.05, 3.63) is 41.8 Å². The summed E-state index contributed by atoms with van der Waals surface area (Å²) in [5.74, 6) is -0.206. The Kier molecular flexibility index (Phi) is 5.16. The highest BCUT2D eigenvalue weighted by atomic mass is 16.5. The highest BCUT2D eigenvalue weighted by molar-refractivity contribution is 5.91. The first-order valence-corrected chi connectivity index (χ1v) is 8.59. The van der Waals surface area contributed by atoms with Gasteiger partial charge in [0.15, 0.2) is 11.8 Å².